The molecule has 1 fully saturated rings. The summed E-state index contributed by atoms with van der Waals surface area (Å²) in [5, 5.41) is 0. The van der Waals surface area contributed by atoms with Crippen molar-refractivity contribution in [3.8, 4) is 0 Å². The molecule has 0 aromatic rings. The van der Waals surface area contributed by atoms with Gasteiger partial charge in [-0.1, -0.05) is 60.3 Å². The average Bonchev–Trinajstić information content (AvgIpc) is 2.23. The molecule has 0 radical (unpaired) electrons. The Bertz CT molecular complexity index is 200. The van der Waals surface area contributed by atoms with Gasteiger partial charge in [0, 0.05) is 0 Å². The minimum Gasteiger partial charge on any atom is -0.0654 e. The Morgan fingerprint density at radius 1 is 1.00 bits per heavy atom. The molecule has 0 heterocycles. The van der Waals surface area contributed by atoms with Crippen LogP contribution in [0.1, 0.15) is 86.0 Å². The van der Waals surface area contributed by atoms with Crippen molar-refractivity contribution in [1.82, 2.24) is 0 Å². The van der Waals surface area contributed by atoms with Crippen LogP contribution in [0.5, 0.6) is 0 Å². The quantitative estimate of drug-likeness (QED) is 0.482. The molecule has 0 spiro atoms. The first-order valence-electron chi connectivity index (χ1n) is 8.05. The van der Waals surface area contributed by atoms with Gasteiger partial charge in [0.1, 0.15) is 0 Å². The second-order valence-electron chi connectivity index (χ2n) is 6.84. The summed E-state index contributed by atoms with van der Waals surface area (Å²) in [7, 11) is 0. The molecular weight excluding hydrogens is 204 g/mol. The molecule has 0 aromatic heterocycles. The summed E-state index contributed by atoms with van der Waals surface area (Å²) in [5.41, 5.74) is 0.735. The van der Waals surface area contributed by atoms with Crippen LogP contribution >= 0.6 is 0 Å². The van der Waals surface area contributed by atoms with Gasteiger partial charge < -0.3 is 0 Å². The second-order valence-corrected chi connectivity index (χ2v) is 6.84. The van der Waals surface area contributed by atoms with E-state index in [0.29, 0.717) is 0 Å². The Hall–Kier alpha value is 0. The first-order chi connectivity index (χ1) is 8.05. The largest absolute Gasteiger partial charge is 0.0654 e. The highest BCUT2D eigenvalue weighted by Gasteiger charge is 2.39. The lowest BCUT2D eigenvalue weighted by Crippen LogP contribution is -2.35. The van der Waals surface area contributed by atoms with Crippen molar-refractivity contribution < 1.29 is 0 Å². The third kappa shape index (κ3) is 3.73. The lowest BCUT2D eigenvalue weighted by atomic mass is 9.59. The summed E-state index contributed by atoms with van der Waals surface area (Å²) in [4.78, 5) is 0. The third-order valence-electron chi connectivity index (χ3n) is 5.66. The van der Waals surface area contributed by atoms with Gasteiger partial charge in [0.25, 0.3) is 0 Å². The summed E-state index contributed by atoms with van der Waals surface area (Å²) in [5.74, 6) is 2.81. The van der Waals surface area contributed by atoms with Crippen LogP contribution in [0.25, 0.3) is 0 Å². The van der Waals surface area contributed by atoms with Crippen molar-refractivity contribution >= 4 is 0 Å². The Morgan fingerprint density at radius 2 is 1.65 bits per heavy atom. The number of hydrogen-bond acceptors (Lipinski definition) is 0. The van der Waals surface area contributed by atoms with Gasteiger partial charge in [-0.3, -0.25) is 0 Å². The van der Waals surface area contributed by atoms with Crippen LogP contribution in [0.15, 0.2) is 0 Å². The molecule has 17 heavy (non-hydrogen) atoms. The predicted molar refractivity (Wildman–Crippen MR) is 78.2 cm³/mol. The van der Waals surface area contributed by atoms with Gasteiger partial charge >= 0.3 is 0 Å². The summed E-state index contributed by atoms with van der Waals surface area (Å²) in [6.45, 7) is 12.1. The van der Waals surface area contributed by atoms with Gasteiger partial charge in [-0.25, -0.2) is 0 Å². The van der Waals surface area contributed by atoms with Crippen LogP contribution in [-0.4, -0.2) is 0 Å². The molecule has 0 aromatic carbocycles. The molecule has 2 atom stereocenters. The molecule has 0 heteroatoms. The molecule has 0 amide bonds. The zero-order valence-corrected chi connectivity index (χ0v) is 12.9. The Balaban J connectivity index is 2.38. The van der Waals surface area contributed by atoms with Crippen molar-refractivity contribution in [2.24, 2.45) is 23.2 Å². The first-order valence-corrected chi connectivity index (χ1v) is 8.05. The van der Waals surface area contributed by atoms with E-state index in [-0.39, 0.29) is 0 Å². The number of hydrogen-bond donors (Lipinski definition) is 0. The van der Waals surface area contributed by atoms with Crippen molar-refractivity contribution in [3.05, 3.63) is 0 Å². The molecule has 0 N–H and O–H groups in total. The van der Waals surface area contributed by atoms with E-state index in [1.165, 1.54) is 51.4 Å². The topological polar surface area (TPSA) is 0 Å². The molecule has 0 saturated heterocycles. The second kappa shape index (κ2) is 6.81. The van der Waals surface area contributed by atoms with E-state index < -0.39 is 0 Å². The van der Waals surface area contributed by atoms with Crippen LogP contribution in [0.3, 0.4) is 0 Å². The highest BCUT2D eigenvalue weighted by molar-refractivity contribution is 4.90. The normalized spacial score (nSPS) is 22.2. The third-order valence-corrected chi connectivity index (χ3v) is 5.66. The molecule has 0 nitrogen and oxygen atoms in total. The lowest BCUT2D eigenvalue weighted by Gasteiger charge is -2.46. The van der Waals surface area contributed by atoms with Crippen molar-refractivity contribution in [2.45, 2.75) is 86.0 Å². The fourth-order valence-electron chi connectivity index (χ4n) is 3.76. The predicted octanol–water partition coefficient (Wildman–Crippen LogP) is 6.06. The summed E-state index contributed by atoms with van der Waals surface area (Å²) in [6.07, 6.45) is 11.6. The maximum Gasteiger partial charge on any atom is -0.0274 e. The zero-order valence-electron chi connectivity index (χ0n) is 12.9. The van der Waals surface area contributed by atoms with E-state index >= 15 is 0 Å². The Morgan fingerprint density at radius 3 is 2.00 bits per heavy atom. The van der Waals surface area contributed by atoms with E-state index in [0.717, 1.165) is 23.2 Å². The fraction of sp³-hybridized carbons (Fsp3) is 1.00. The summed E-state index contributed by atoms with van der Waals surface area (Å²) in [6, 6.07) is 0. The Labute approximate surface area is 110 Å². The van der Waals surface area contributed by atoms with Crippen molar-refractivity contribution in [3.63, 3.8) is 0 Å². The van der Waals surface area contributed by atoms with Gasteiger partial charge in [0.2, 0.25) is 0 Å². The van der Waals surface area contributed by atoms with Gasteiger partial charge in [0.05, 0.1) is 0 Å². The fourth-order valence-corrected chi connectivity index (χ4v) is 3.76. The van der Waals surface area contributed by atoms with Crippen LogP contribution in [-0.2, 0) is 0 Å². The zero-order chi connectivity index (χ0) is 12.9. The Kier molecular flexibility index (Phi) is 6.03. The van der Waals surface area contributed by atoms with Crippen LogP contribution in [0, 0.1) is 23.2 Å². The van der Waals surface area contributed by atoms with E-state index in [2.05, 4.69) is 34.6 Å². The maximum absolute atomic E-state index is 2.50. The van der Waals surface area contributed by atoms with Gasteiger partial charge in [0.15, 0.2) is 0 Å². The monoisotopic (exact) mass is 238 g/mol. The molecule has 1 aliphatic rings. The van der Waals surface area contributed by atoms with Crippen LogP contribution < -0.4 is 0 Å². The average molecular weight is 238 g/mol. The summed E-state index contributed by atoms with van der Waals surface area (Å²) < 4.78 is 0. The van der Waals surface area contributed by atoms with Crippen LogP contribution in [0.4, 0.5) is 0 Å². The highest BCUT2D eigenvalue weighted by atomic mass is 14.4. The smallest absolute Gasteiger partial charge is 0.0274 e. The van der Waals surface area contributed by atoms with Crippen molar-refractivity contribution in [2.75, 3.05) is 0 Å². The molecule has 0 aliphatic heterocycles. The molecule has 1 rings (SSSR count). The van der Waals surface area contributed by atoms with E-state index in [1.807, 2.05) is 0 Å². The standard InChI is InChI=1S/C17H34/c1-6-9-16(7-2)15(5)10-13-17(14(3)4)11-8-12-17/h14-16H,6-13H2,1-5H3. The first kappa shape index (κ1) is 15.1. The van der Waals surface area contributed by atoms with Gasteiger partial charge in [-0.2, -0.15) is 0 Å². The van der Waals surface area contributed by atoms with E-state index in [4.69, 9.17) is 0 Å². The maximum atomic E-state index is 2.50. The summed E-state index contributed by atoms with van der Waals surface area (Å²) >= 11 is 0. The van der Waals surface area contributed by atoms with Gasteiger partial charge in [-0.05, 0) is 48.9 Å². The van der Waals surface area contributed by atoms with Gasteiger partial charge in [-0.15, -0.1) is 0 Å². The van der Waals surface area contributed by atoms with Crippen LogP contribution in [0.2, 0.25) is 0 Å². The molecule has 2 unspecified atom stereocenters. The SMILES string of the molecule is CCCC(CC)C(C)CCC1(C(C)C)CCC1. The molecular formula is C17H34. The van der Waals surface area contributed by atoms with Crippen molar-refractivity contribution in [1.29, 1.82) is 0 Å². The highest BCUT2D eigenvalue weighted by Crippen LogP contribution is 2.51. The van der Waals surface area contributed by atoms with E-state index in [9.17, 15) is 0 Å². The number of rotatable bonds is 8. The molecule has 102 valence electrons. The molecule has 1 saturated carbocycles. The molecule has 0 bridgehead atoms. The minimum atomic E-state index is 0.735. The molecule has 1 aliphatic carbocycles. The minimum absolute atomic E-state index is 0.735. The van der Waals surface area contributed by atoms with E-state index in [1.54, 1.807) is 0 Å². The lowest BCUT2D eigenvalue weighted by molar-refractivity contribution is 0.0459.